The number of furan rings is 2. The molecule has 0 amide bonds. The monoisotopic (exact) mass is 703 g/mol. The maximum atomic E-state index is 6.38. The molecule has 0 aliphatic carbocycles. The zero-order chi connectivity index (χ0) is 36.3. The Kier molecular flexibility index (Phi) is 7.17. The molecule has 0 aliphatic rings. The summed E-state index contributed by atoms with van der Waals surface area (Å²) in [6, 6.07) is 71.1. The second kappa shape index (κ2) is 12.6. The van der Waals surface area contributed by atoms with Gasteiger partial charge in [-0.25, -0.2) is 0 Å². The lowest BCUT2D eigenvalue weighted by Crippen LogP contribution is -2.10. The first-order valence-corrected chi connectivity index (χ1v) is 18.6. The normalized spacial score (nSPS) is 11.6. The lowest BCUT2D eigenvalue weighted by molar-refractivity contribution is 0.668. The smallest absolute Gasteiger partial charge is 0.137 e. The van der Waals surface area contributed by atoms with Gasteiger partial charge in [0.1, 0.15) is 22.3 Å². The topological polar surface area (TPSA) is 29.5 Å². The van der Waals surface area contributed by atoms with Crippen LogP contribution in [-0.4, -0.2) is 0 Å². The first-order valence-electron chi connectivity index (χ1n) is 18.6. The zero-order valence-electron chi connectivity index (χ0n) is 29.8. The fraction of sp³-hybridized carbons (Fsp3) is 0. The van der Waals surface area contributed by atoms with E-state index in [9.17, 15) is 0 Å². The van der Waals surface area contributed by atoms with Crippen molar-refractivity contribution in [1.29, 1.82) is 0 Å². The summed E-state index contributed by atoms with van der Waals surface area (Å²) in [5, 5.41) is 6.98. The lowest BCUT2D eigenvalue weighted by Gasteiger charge is -2.26. The van der Waals surface area contributed by atoms with E-state index < -0.39 is 0 Å². The van der Waals surface area contributed by atoms with Crippen LogP contribution in [0.15, 0.2) is 209 Å². The molecule has 11 aromatic rings. The number of hydrogen-bond acceptors (Lipinski definition) is 3. The number of fused-ring (bicyclic) bond motifs is 7. The Morgan fingerprint density at radius 3 is 1.55 bits per heavy atom. The molecule has 0 atom stereocenters. The molecule has 0 fully saturated rings. The molecule has 0 bridgehead atoms. The average molecular weight is 704 g/mol. The highest BCUT2D eigenvalue weighted by Gasteiger charge is 2.17. The van der Waals surface area contributed by atoms with Gasteiger partial charge in [-0.2, -0.15) is 0 Å². The summed E-state index contributed by atoms with van der Waals surface area (Å²) in [7, 11) is 0. The Hall–Kier alpha value is -7.36. The van der Waals surface area contributed by atoms with E-state index in [2.05, 4.69) is 181 Å². The third kappa shape index (κ3) is 5.45. The van der Waals surface area contributed by atoms with Crippen LogP contribution < -0.4 is 4.90 Å². The quantitative estimate of drug-likeness (QED) is 0.173. The third-order valence-corrected chi connectivity index (χ3v) is 10.9. The van der Waals surface area contributed by atoms with Crippen molar-refractivity contribution in [3.05, 3.63) is 200 Å². The van der Waals surface area contributed by atoms with Crippen LogP contribution in [0.2, 0.25) is 0 Å². The van der Waals surface area contributed by atoms with Gasteiger partial charge in [0.2, 0.25) is 0 Å². The summed E-state index contributed by atoms with van der Waals surface area (Å²) in [6.07, 6.45) is 0. The van der Waals surface area contributed by atoms with E-state index in [1.165, 1.54) is 27.5 Å². The third-order valence-electron chi connectivity index (χ3n) is 10.9. The van der Waals surface area contributed by atoms with Crippen LogP contribution in [0.3, 0.4) is 0 Å². The van der Waals surface area contributed by atoms with Gasteiger partial charge in [-0.05, 0) is 111 Å². The van der Waals surface area contributed by atoms with Gasteiger partial charge in [-0.15, -0.1) is 0 Å². The van der Waals surface area contributed by atoms with E-state index in [1.807, 2.05) is 24.3 Å². The minimum absolute atomic E-state index is 0.861. The summed E-state index contributed by atoms with van der Waals surface area (Å²) >= 11 is 0. The number of anilines is 3. The molecular formula is C52H33NO2. The fourth-order valence-corrected chi connectivity index (χ4v) is 8.06. The first-order chi connectivity index (χ1) is 27.2. The second-order valence-electron chi connectivity index (χ2n) is 14.2. The van der Waals surface area contributed by atoms with Crippen LogP contribution in [0, 0.1) is 0 Å². The molecule has 0 radical (unpaired) electrons. The Morgan fingerprint density at radius 2 is 0.764 bits per heavy atom. The zero-order valence-corrected chi connectivity index (χ0v) is 29.8. The number of benzene rings is 9. The SMILES string of the molecule is c1cc(-c2ccc3oc4ccccc4c3c2)cc(N(c2ccc(-c3ccc(-c4ccc5ccccc5c4)cc3)cc2)c2ccc3c(c2)oc2ccccc23)c1. The molecule has 0 N–H and O–H groups in total. The molecule has 0 spiro atoms. The van der Waals surface area contributed by atoms with Crippen molar-refractivity contribution in [1.82, 2.24) is 0 Å². The number of nitrogens with zero attached hydrogens (tertiary/aromatic N) is 1. The van der Waals surface area contributed by atoms with Gasteiger partial charge in [0, 0.05) is 44.7 Å². The van der Waals surface area contributed by atoms with Crippen molar-refractivity contribution in [2.45, 2.75) is 0 Å². The van der Waals surface area contributed by atoms with E-state index in [-0.39, 0.29) is 0 Å². The molecular weight excluding hydrogens is 671 g/mol. The van der Waals surface area contributed by atoms with Gasteiger partial charge in [0.25, 0.3) is 0 Å². The Morgan fingerprint density at radius 1 is 0.255 bits per heavy atom. The maximum Gasteiger partial charge on any atom is 0.137 e. The van der Waals surface area contributed by atoms with Gasteiger partial charge >= 0.3 is 0 Å². The molecule has 0 saturated heterocycles. The molecule has 3 heteroatoms. The summed E-state index contributed by atoms with van der Waals surface area (Å²) in [5.74, 6) is 0. The van der Waals surface area contributed by atoms with Crippen LogP contribution in [-0.2, 0) is 0 Å². The minimum Gasteiger partial charge on any atom is -0.456 e. The van der Waals surface area contributed by atoms with Crippen LogP contribution in [0.4, 0.5) is 17.1 Å². The molecule has 2 aromatic heterocycles. The highest BCUT2D eigenvalue weighted by atomic mass is 16.3. The van der Waals surface area contributed by atoms with Gasteiger partial charge < -0.3 is 13.7 Å². The predicted octanol–water partition coefficient (Wildman–Crippen LogP) is 15.1. The number of para-hydroxylation sites is 2. The second-order valence-corrected chi connectivity index (χ2v) is 14.2. The van der Waals surface area contributed by atoms with E-state index >= 15 is 0 Å². The van der Waals surface area contributed by atoms with Crippen LogP contribution in [0.5, 0.6) is 0 Å². The molecule has 0 unspecified atom stereocenters. The van der Waals surface area contributed by atoms with E-state index in [1.54, 1.807) is 0 Å². The van der Waals surface area contributed by atoms with Crippen LogP contribution in [0.25, 0.3) is 88.0 Å². The maximum absolute atomic E-state index is 6.38. The highest BCUT2D eigenvalue weighted by Crippen LogP contribution is 2.41. The summed E-state index contributed by atoms with van der Waals surface area (Å²) in [4.78, 5) is 2.31. The van der Waals surface area contributed by atoms with Crippen LogP contribution >= 0.6 is 0 Å². The largest absolute Gasteiger partial charge is 0.456 e. The highest BCUT2D eigenvalue weighted by molar-refractivity contribution is 6.07. The molecule has 3 nitrogen and oxygen atoms in total. The van der Waals surface area contributed by atoms with Crippen molar-refractivity contribution in [2.24, 2.45) is 0 Å². The molecule has 0 saturated carbocycles. The average Bonchev–Trinajstić information content (AvgIpc) is 3.82. The van der Waals surface area contributed by atoms with Gasteiger partial charge in [-0.1, -0.05) is 127 Å². The van der Waals surface area contributed by atoms with Crippen molar-refractivity contribution < 1.29 is 8.83 Å². The number of rotatable bonds is 6. The molecule has 2 heterocycles. The molecule has 9 aromatic carbocycles. The number of hydrogen-bond donors (Lipinski definition) is 0. The Bertz CT molecular complexity index is 3200. The molecule has 258 valence electrons. The molecule has 55 heavy (non-hydrogen) atoms. The summed E-state index contributed by atoms with van der Waals surface area (Å²) in [5.41, 5.74) is 13.7. The minimum atomic E-state index is 0.861. The van der Waals surface area contributed by atoms with Crippen molar-refractivity contribution in [2.75, 3.05) is 4.90 Å². The van der Waals surface area contributed by atoms with Gasteiger partial charge in [0.05, 0.1) is 0 Å². The lowest BCUT2D eigenvalue weighted by atomic mass is 9.98. The first kappa shape index (κ1) is 31.2. The van der Waals surface area contributed by atoms with Crippen molar-refractivity contribution in [3.63, 3.8) is 0 Å². The van der Waals surface area contributed by atoms with Crippen molar-refractivity contribution >= 4 is 71.7 Å². The standard InChI is InChI=1S/C52H33NO2/c1-2-9-38-30-40(21-20-34(38)8-1)37-18-16-35(17-19-37)36-22-25-42(26-23-36)53(44-27-28-47-45-12-3-5-14-49(45)55-52(47)33-44)43-11-7-10-39(31-43)41-24-29-51-48(32-41)46-13-4-6-15-50(46)54-51/h1-33H. The van der Waals surface area contributed by atoms with Gasteiger partial charge in [0.15, 0.2) is 0 Å². The Balaban J connectivity index is 0.981. The van der Waals surface area contributed by atoms with Crippen LogP contribution in [0.1, 0.15) is 0 Å². The summed E-state index contributed by atoms with van der Waals surface area (Å²) < 4.78 is 12.5. The van der Waals surface area contributed by atoms with E-state index in [0.29, 0.717) is 0 Å². The molecule has 11 rings (SSSR count). The van der Waals surface area contributed by atoms with E-state index in [0.717, 1.165) is 77.6 Å². The Labute approximate surface area is 317 Å². The summed E-state index contributed by atoms with van der Waals surface area (Å²) in [6.45, 7) is 0. The van der Waals surface area contributed by atoms with E-state index in [4.69, 9.17) is 8.83 Å². The van der Waals surface area contributed by atoms with Crippen molar-refractivity contribution in [3.8, 4) is 33.4 Å². The molecule has 0 aliphatic heterocycles. The van der Waals surface area contributed by atoms with Gasteiger partial charge in [-0.3, -0.25) is 0 Å². The fourth-order valence-electron chi connectivity index (χ4n) is 8.06. The predicted molar refractivity (Wildman–Crippen MR) is 229 cm³/mol.